The van der Waals surface area contributed by atoms with Crippen LogP contribution in [0.4, 0.5) is 33.3 Å². The van der Waals surface area contributed by atoms with Gasteiger partial charge in [0, 0.05) is 77.4 Å². The Morgan fingerprint density at radius 1 is 0.923 bits per heavy atom. The lowest BCUT2D eigenvalue weighted by molar-refractivity contribution is 0.201. The van der Waals surface area contributed by atoms with Crippen molar-refractivity contribution in [2.45, 2.75) is 26.7 Å². The molecule has 52 heavy (non-hydrogen) atoms. The minimum absolute atomic E-state index is 0.141. The molecule has 2 aliphatic rings. The van der Waals surface area contributed by atoms with E-state index in [1.54, 1.807) is 41.8 Å². The summed E-state index contributed by atoms with van der Waals surface area (Å²) in [6.45, 7) is 11.6. The topological polar surface area (TPSA) is 119 Å². The number of pyridine rings is 2. The highest BCUT2D eigenvalue weighted by molar-refractivity contribution is 7.84. The maximum Gasteiger partial charge on any atom is 0.228 e. The van der Waals surface area contributed by atoms with E-state index in [-0.39, 0.29) is 5.69 Å². The first kappa shape index (κ1) is 35.8. The Morgan fingerprint density at radius 2 is 1.75 bits per heavy atom. The van der Waals surface area contributed by atoms with Gasteiger partial charge in [-0.25, -0.2) is 37.8 Å². The maximum atomic E-state index is 15.8. The summed E-state index contributed by atoms with van der Waals surface area (Å²) in [5.74, 6) is 2.30. The zero-order chi connectivity index (χ0) is 36.0. The average Bonchev–Trinajstić information content (AvgIpc) is 3.58. The summed E-state index contributed by atoms with van der Waals surface area (Å²) in [6, 6.07) is 16.9. The third-order valence-corrected chi connectivity index (χ3v) is 11.8. The molecule has 2 saturated heterocycles. The second-order valence-electron chi connectivity index (χ2n) is 13.1. The number of benzene rings is 1. The van der Waals surface area contributed by atoms with Gasteiger partial charge in [-0.05, 0) is 68.1 Å². The van der Waals surface area contributed by atoms with E-state index in [0.717, 1.165) is 68.2 Å². The summed E-state index contributed by atoms with van der Waals surface area (Å²) in [4.78, 5) is 31.2. The Kier molecular flexibility index (Phi) is 11.3. The summed E-state index contributed by atoms with van der Waals surface area (Å²) < 4.78 is 32.7. The highest BCUT2D eigenvalue weighted by Gasteiger charge is 2.25. The van der Waals surface area contributed by atoms with Gasteiger partial charge in [-0.3, -0.25) is 9.62 Å². The second-order valence-corrected chi connectivity index (χ2v) is 15.6. The van der Waals surface area contributed by atoms with E-state index in [4.69, 9.17) is 4.98 Å². The van der Waals surface area contributed by atoms with Gasteiger partial charge in [-0.15, -0.1) is 11.3 Å². The van der Waals surface area contributed by atoms with Crippen LogP contribution in [-0.4, -0.2) is 97.7 Å². The first-order valence-electron chi connectivity index (χ1n) is 17.7. The molecular weight excluding hydrogens is 698 g/mol. The predicted octanol–water partition coefficient (Wildman–Crippen LogP) is 6.23. The fourth-order valence-corrected chi connectivity index (χ4v) is 8.25. The lowest BCUT2D eigenvalue weighted by Crippen LogP contribution is -2.49. The van der Waals surface area contributed by atoms with Crippen molar-refractivity contribution in [1.82, 2.24) is 34.1 Å². The van der Waals surface area contributed by atoms with E-state index in [2.05, 4.69) is 62.9 Å². The Hall–Kier alpha value is -4.57. The zero-order valence-corrected chi connectivity index (χ0v) is 31.3. The molecule has 0 aliphatic carbocycles. The van der Waals surface area contributed by atoms with Gasteiger partial charge in [0.2, 0.25) is 5.95 Å². The van der Waals surface area contributed by atoms with E-state index >= 15 is 4.39 Å². The summed E-state index contributed by atoms with van der Waals surface area (Å²) in [6.07, 6.45) is 7.85. The number of halogens is 1. The number of rotatable bonds is 12. The van der Waals surface area contributed by atoms with Crippen molar-refractivity contribution in [3.8, 4) is 21.8 Å². The molecule has 0 bridgehead atoms. The molecule has 0 spiro atoms. The monoisotopic (exact) mass is 741 g/mol. The van der Waals surface area contributed by atoms with Gasteiger partial charge in [0.1, 0.15) is 11.6 Å². The molecule has 2 N–H and O–H groups in total. The van der Waals surface area contributed by atoms with Crippen LogP contribution in [0.3, 0.4) is 0 Å². The molecule has 0 amide bonds. The molecule has 1 aromatic carbocycles. The third-order valence-electron chi connectivity index (χ3n) is 9.63. The maximum absolute atomic E-state index is 15.8. The van der Waals surface area contributed by atoms with Crippen molar-refractivity contribution in [3.05, 3.63) is 84.0 Å². The molecule has 2 fully saturated rings. The van der Waals surface area contributed by atoms with Gasteiger partial charge in [-0.1, -0.05) is 19.1 Å². The van der Waals surface area contributed by atoms with Crippen molar-refractivity contribution in [2.75, 3.05) is 79.2 Å². The van der Waals surface area contributed by atoms with E-state index < -0.39 is 17.0 Å². The molecule has 12 nitrogen and oxygen atoms in total. The van der Waals surface area contributed by atoms with Crippen molar-refractivity contribution in [2.24, 2.45) is 5.92 Å². The van der Waals surface area contributed by atoms with Crippen molar-refractivity contribution < 1.29 is 8.60 Å². The fourth-order valence-electron chi connectivity index (χ4n) is 6.61. The van der Waals surface area contributed by atoms with E-state index in [1.807, 2.05) is 38.4 Å². The van der Waals surface area contributed by atoms with Crippen LogP contribution in [0.15, 0.2) is 73.2 Å². The second kappa shape index (κ2) is 16.4. The van der Waals surface area contributed by atoms with Crippen molar-refractivity contribution in [1.29, 1.82) is 0 Å². The van der Waals surface area contributed by atoms with Crippen LogP contribution in [-0.2, 0) is 11.2 Å². The zero-order valence-electron chi connectivity index (χ0n) is 29.7. The van der Waals surface area contributed by atoms with Gasteiger partial charge < -0.3 is 15.1 Å². The smallest absolute Gasteiger partial charge is 0.228 e. The summed E-state index contributed by atoms with van der Waals surface area (Å²) in [7, 11) is 1.70. The fraction of sp³-hybridized carbons (Fsp3) is 0.378. The number of nitrogens with zero attached hydrogens (tertiary/aromatic N) is 9. The normalized spacial score (nSPS) is 16.3. The van der Waals surface area contributed by atoms with E-state index in [1.165, 1.54) is 24.2 Å². The lowest BCUT2D eigenvalue weighted by Gasteiger charge is -2.39. The first-order chi connectivity index (χ1) is 25.3. The van der Waals surface area contributed by atoms with Crippen LogP contribution < -0.4 is 19.8 Å². The number of aromatic nitrogens is 5. The van der Waals surface area contributed by atoms with Crippen molar-refractivity contribution in [3.63, 3.8) is 0 Å². The lowest BCUT2D eigenvalue weighted by atomic mass is 9.96. The van der Waals surface area contributed by atoms with Crippen LogP contribution in [0.5, 0.6) is 0 Å². The highest BCUT2D eigenvalue weighted by Crippen LogP contribution is 2.38. The Labute approximate surface area is 310 Å². The molecule has 1 atom stereocenters. The molecular formula is C37H44FN11OS2. The predicted molar refractivity (Wildman–Crippen MR) is 209 cm³/mol. The minimum atomic E-state index is -1.58. The van der Waals surface area contributed by atoms with Gasteiger partial charge in [0.05, 0.1) is 38.8 Å². The number of hydrogen-bond acceptors (Lipinski definition) is 11. The number of piperidine rings is 1. The molecule has 0 radical (unpaired) electrons. The van der Waals surface area contributed by atoms with E-state index in [9.17, 15) is 4.21 Å². The molecule has 7 rings (SSSR count). The van der Waals surface area contributed by atoms with Gasteiger partial charge >= 0.3 is 0 Å². The van der Waals surface area contributed by atoms with Crippen LogP contribution >= 0.6 is 11.3 Å². The standard InChI is InChI=1S/C37H44FN11OS2/c1-4-46(3)52(50)45-30-9-7-8-29(34(30)38)35-36(51-26(2)42-35)31-13-17-40-37(43-31)44-32-12-11-28(24-41-32)48-22-20-47(21-23-48)25-27-14-18-49(19-15-27)33-10-5-6-16-39-33/h5-13,16-17,24,27,45H,4,14-15,18-23,25H2,1-3H3,(H,40,41,43,44). The average molecular weight is 742 g/mol. The molecule has 272 valence electrons. The molecule has 0 saturated carbocycles. The number of aryl methyl sites for hydroxylation is 1. The minimum Gasteiger partial charge on any atom is -0.368 e. The van der Waals surface area contributed by atoms with E-state index in [0.29, 0.717) is 40.1 Å². The van der Waals surface area contributed by atoms with Gasteiger partial charge in [-0.2, -0.15) is 0 Å². The van der Waals surface area contributed by atoms with Crippen molar-refractivity contribution >= 4 is 51.5 Å². The number of thiazole rings is 1. The summed E-state index contributed by atoms with van der Waals surface area (Å²) in [5, 5.41) is 4.00. The Balaban J connectivity index is 0.952. The first-order valence-corrected chi connectivity index (χ1v) is 19.6. The quantitative estimate of drug-likeness (QED) is 0.152. The third kappa shape index (κ3) is 8.38. The number of piperazine rings is 1. The molecule has 5 aromatic rings. The molecule has 4 aromatic heterocycles. The molecule has 6 heterocycles. The van der Waals surface area contributed by atoms with Gasteiger partial charge in [0.25, 0.3) is 0 Å². The Bertz CT molecular complexity index is 1960. The summed E-state index contributed by atoms with van der Waals surface area (Å²) in [5.41, 5.74) is 2.61. The molecule has 2 aliphatic heterocycles. The number of hydrogen-bond donors (Lipinski definition) is 2. The van der Waals surface area contributed by atoms with Crippen LogP contribution in [0.2, 0.25) is 0 Å². The highest BCUT2D eigenvalue weighted by atomic mass is 32.2. The largest absolute Gasteiger partial charge is 0.368 e. The number of anilines is 5. The summed E-state index contributed by atoms with van der Waals surface area (Å²) >= 11 is -0.151. The molecule has 1 unspecified atom stereocenters. The van der Waals surface area contributed by atoms with Gasteiger partial charge in [0.15, 0.2) is 17.0 Å². The molecule has 15 heteroatoms. The number of nitrogens with one attached hydrogen (secondary N) is 2. The SMILES string of the molecule is CCN(C)S(=O)Nc1cccc(-c2nc(C)sc2-c2ccnc(Nc3ccc(N4CCN(CC5CCN(c6ccccn6)CC5)CC4)cn3)n2)c1F. The van der Waals surface area contributed by atoms with Crippen LogP contribution in [0.1, 0.15) is 24.8 Å². The van der Waals surface area contributed by atoms with Crippen LogP contribution in [0, 0.1) is 18.7 Å². The Morgan fingerprint density at radius 3 is 2.48 bits per heavy atom. The van der Waals surface area contributed by atoms with Crippen LogP contribution in [0.25, 0.3) is 21.8 Å².